The zero-order valence-corrected chi connectivity index (χ0v) is 30.6. The lowest BCUT2D eigenvalue weighted by Crippen LogP contribution is -2.81. The first-order chi connectivity index (χ1) is 30.1. The number of nitrogens with zero attached hydrogens (tertiary/aromatic N) is 2. The van der Waals surface area contributed by atoms with Crippen LogP contribution in [0.3, 0.4) is 0 Å². The molecule has 330 valence electrons. The molecular weight excluding hydrogens is 911 g/mol. The third-order valence-electron chi connectivity index (χ3n) is 9.91. The van der Waals surface area contributed by atoms with Crippen LogP contribution in [-0.4, -0.2) is 6.15 Å². The minimum absolute atomic E-state index is 0.699. The van der Waals surface area contributed by atoms with Crippen molar-refractivity contribution >= 4 is 38.9 Å². The average Bonchev–Trinajstić information content (AvgIpc) is 3.29. The lowest BCUT2D eigenvalue weighted by molar-refractivity contribution is -0.662. The van der Waals surface area contributed by atoms with Gasteiger partial charge in [0.2, 0.25) is 5.52 Å². The molecule has 0 bridgehead atoms. The van der Waals surface area contributed by atoms with Crippen LogP contribution in [0.1, 0.15) is 11.1 Å². The summed E-state index contributed by atoms with van der Waals surface area (Å²) < 4.78 is 296. The SMILES string of the molecule is Fc1c(F)c(F)c([B-](c2c(F)c(F)c(F)c(F)c2F)(c2c(F)c(F)c(F)c(F)c2F)c2c(F)c(F)c(F)c(F)c2F)c(F)c1F.N#Cc1ccc2c(ccc[n+]2Cc2ccccc2)c1. The first-order valence-corrected chi connectivity index (χ1v) is 17.2. The molecule has 64 heavy (non-hydrogen) atoms. The number of nitriles is 1. The summed E-state index contributed by atoms with van der Waals surface area (Å²) in [7, 11) is 0. The fraction of sp³-hybridized carbons (Fsp3) is 0.0244. The molecule has 0 saturated carbocycles. The smallest absolute Gasteiger partial charge is 0.207 e. The van der Waals surface area contributed by atoms with E-state index in [9.17, 15) is 52.7 Å². The number of aromatic nitrogens is 1. The Morgan fingerprint density at radius 3 is 1.00 bits per heavy atom. The summed E-state index contributed by atoms with van der Waals surface area (Å²) in [6, 6.07) is 22.4. The number of pyridine rings is 1. The molecule has 6 aromatic carbocycles. The van der Waals surface area contributed by atoms with Crippen LogP contribution in [0, 0.1) is 128 Å². The molecule has 0 spiro atoms. The fourth-order valence-corrected chi connectivity index (χ4v) is 7.14. The molecule has 0 aliphatic carbocycles. The van der Waals surface area contributed by atoms with Crippen LogP contribution >= 0.6 is 0 Å². The van der Waals surface area contributed by atoms with E-state index >= 15 is 35.1 Å². The average molecular weight is 924 g/mol. The van der Waals surface area contributed by atoms with E-state index < -0.39 is 144 Å². The maximum Gasteiger partial charge on any atom is 0.212 e. The van der Waals surface area contributed by atoms with Gasteiger partial charge in [0, 0.05) is 23.1 Å². The molecule has 0 unspecified atom stereocenters. The van der Waals surface area contributed by atoms with Gasteiger partial charge >= 0.3 is 0 Å². The van der Waals surface area contributed by atoms with Crippen LogP contribution in [0.4, 0.5) is 87.8 Å². The lowest BCUT2D eigenvalue weighted by atomic mass is 9.12. The van der Waals surface area contributed by atoms with E-state index in [-0.39, 0.29) is 0 Å². The van der Waals surface area contributed by atoms with Gasteiger partial charge in [-0.2, -0.15) is 9.83 Å². The highest BCUT2D eigenvalue weighted by Crippen LogP contribution is 2.31. The van der Waals surface area contributed by atoms with Crippen LogP contribution in [-0.2, 0) is 6.54 Å². The van der Waals surface area contributed by atoms with Gasteiger partial charge in [-0.05, 0) is 18.2 Å². The highest BCUT2D eigenvalue weighted by molar-refractivity contribution is 7.20. The second-order valence-corrected chi connectivity index (χ2v) is 13.3. The first kappa shape index (κ1) is 46.4. The van der Waals surface area contributed by atoms with E-state index in [1.165, 1.54) is 5.56 Å². The van der Waals surface area contributed by atoms with E-state index in [0.717, 1.165) is 17.4 Å². The first-order valence-electron chi connectivity index (χ1n) is 17.2. The zero-order valence-electron chi connectivity index (χ0n) is 30.6. The molecule has 0 fully saturated rings. The third kappa shape index (κ3) is 7.09. The molecule has 0 radical (unpaired) electrons. The summed E-state index contributed by atoms with van der Waals surface area (Å²) in [5.41, 5.74) is -11.2. The second kappa shape index (κ2) is 17.2. The van der Waals surface area contributed by atoms with Crippen LogP contribution in [0.2, 0.25) is 0 Å². The minimum atomic E-state index is -7.22. The number of hydrogen-bond donors (Lipinski definition) is 0. The largest absolute Gasteiger partial charge is 0.212 e. The Labute approximate surface area is 343 Å². The van der Waals surface area contributed by atoms with E-state index in [2.05, 4.69) is 41.1 Å². The van der Waals surface area contributed by atoms with Crippen molar-refractivity contribution in [3.63, 3.8) is 0 Å². The van der Waals surface area contributed by atoms with E-state index in [1.807, 2.05) is 36.4 Å². The van der Waals surface area contributed by atoms with Crippen molar-refractivity contribution in [2.75, 3.05) is 0 Å². The maximum atomic E-state index is 15.4. The fourth-order valence-electron chi connectivity index (χ4n) is 7.14. The number of benzene rings is 6. The molecular formula is C41H13BF20N2. The predicted molar refractivity (Wildman–Crippen MR) is 184 cm³/mol. The number of rotatable bonds is 6. The third-order valence-corrected chi connectivity index (χ3v) is 9.91. The molecule has 0 amide bonds. The molecule has 0 atom stereocenters. The summed E-state index contributed by atoms with van der Waals surface area (Å²) in [6.07, 6.45) is -5.15. The Kier molecular flexibility index (Phi) is 12.5. The van der Waals surface area contributed by atoms with Crippen molar-refractivity contribution in [1.82, 2.24) is 0 Å². The quantitative estimate of drug-likeness (QED) is 0.0539. The maximum absolute atomic E-state index is 15.4. The summed E-state index contributed by atoms with van der Waals surface area (Å²) in [4.78, 5) is 0. The minimum Gasteiger partial charge on any atom is -0.207 e. The normalized spacial score (nSPS) is 11.5. The molecule has 1 aromatic heterocycles. The highest BCUT2D eigenvalue weighted by Gasteiger charge is 2.52. The Morgan fingerprint density at radius 2 is 0.688 bits per heavy atom. The molecule has 0 saturated heterocycles. The van der Waals surface area contributed by atoms with Gasteiger partial charge in [0.25, 0.3) is 0 Å². The van der Waals surface area contributed by atoms with Gasteiger partial charge in [-0.15, -0.1) is 21.9 Å². The topological polar surface area (TPSA) is 27.7 Å². The van der Waals surface area contributed by atoms with E-state index in [0.29, 0.717) is 5.56 Å². The van der Waals surface area contributed by atoms with E-state index in [4.69, 9.17) is 5.26 Å². The molecule has 1 heterocycles. The summed E-state index contributed by atoms with van der Waals surface area (Å²) >= 11 is 0. The van der Waals surface area contributed by atoms with Gasteiger partial charge in [0.1, 0.15) is 52.7 Å². The van der Waals surface area contributed by atoms with Crippen molar-refractivity contribution < 1.29 is 92.4 Å². The van der Waals surface area contributed by atoms with Gasteiger partial charge in [-0.3, -0.25) is 0 Å². The van der Waals surface area contributed by atoms with Crippen LogP contribution in [0.15, 0.2) is 66.9 Å². The summed E-state index contributed by atoms with van der Waals surface area (Å²) in [5, 5.41) is 10.0. The summed E-state index contributed by atoms with van der Waals surface area (Å²) in [6.45, 7) is 0.837. The molecule has 0 N–H and O–H groups in total. The molecule has 7 aromatic rings. The van der Waals surface area contributed by atoms with Gasteiger partial charge in [-0.25, -0.2) is 87.8 Å². The van der Waals surface area contributed by atoms with Crippen LogP contribution in [0.5, 0.6) is 0 Å². The second-order valence-electron chi connectivity index (χ2n) is 13.3. The number of halogens is 20. The Morgan fingerprint density at radius 1 is 0.375 bits per heavy atom. The van der Waals surface area contributed by atoms with Crippen molar-refractivity contribution in [3.05, 3.63) is 194 Å². The summed E-state index contributed by atoms with van der Waals surface area (Å²) in [5.74, 6) is -71.4. The van der Waals surface area contributed by atoms with Gasteiger partial charge in [-0.1, -0.05) is 30.3 Å². The molecule has 0 aliphatic rings. The number of fused-ring (bicyclic) bond motifs is 1. The van der Waals surface area contributed by atoms with Gasteiger partial charge in [0.05, 0.1) is 11.6 Å². The van der Waals surface area contributed by atoms with Crippen molar-refractivity contribution in [2.45, 2.75) is 6.54 Å². The standard InChI is InChI=1S/C24BF20.C17H13N2/c26-5-1(6(27)14(35)21(42)13(5)34)25(2-7(28)15(36)22(43)16(37)8(2)29,3-9(30)17(38)23(44)18(39)10(3)31)4-11(32)19(40)24(45)20(41)12(4)33;18-12-15-8-9-17-16(11-15)7-4-10-19(17)13-14-5-2-1-3-6-14/h;1-11H,13H2/q-1;+1. The van der Waals surface area contributed by atoms with Crippen molar-refractivity contribution in [2.24, 2.45) is 0 Å². The monoisotopic (exact) mass is 924 g/mol. The van der Waals surface area contributed by atoms with Gasteiger partial charge in [0.15, 0.2) is 82.5 Å². The van der Waals surface area contributed by atoms with Crippen molar-refractivity contribution in [3.8, 4) is 6.07 Å². The van der Waals surface area contributed by atoms with Crippen LogP contribution < -0.4 is 26.4 Å². The number of hydrogen-bond acceptors (Lipinski definition) is 1. The molecule has 7 rings (SSSR count). The molecule has 2 nitrogen and oxygen atoms in total. The van der Waals surface area contributed by atoms with E-state index in [1.54, 1.807) is 0 Å². The Balaban J connectivity index is 0.000000295. The predicted octanol–water partition coefficient (Wildman–Crippen LogP) is 8.89. The zero-order chi connectivity index (χ0) is 47.4. The lowest BCUT2D eigenvalue weighted by Gasteiger charge is -2.44. The highest BCUT2D eigenvalue weighted by atomic mass is 19.2. The van der Waals surface area contributed by atoms with Crippen LogP contribution in [0.25, 0.3) is 10.9 Å². The molecule has 0 aliphatic heterocycles. The Hall–Kier alpha value is -7.12. The van der Waals surface area contributed by atoms with Crippen molar-refractivity contribution in [1.29, 1.82) is 5.26 Å². The van der Waals surface area contributed by atoms with Gasteiger partial charge < -0.3 is 0 Å². The Bertz CT molecular complexity index is 2720. The molecule has 23 heteroatoms.